The second kappa shape index (κ2) is 8.75. The average Bonchev–Trinajstić information content (AvgIpc) is 2.69. The van der Waals surface area contributed by atoms with Crippen molar-refractivity contribution >= 4 is 28.5 Å². The van der Waals surface area contributed by atoms with Crippen LogP contribution in [0, 0.1) is 0 Å². The van der Waals surface area contributed by atoms with Gasteiger partial charge in [0, 0.05) is 42.7 Å². The number of unbranched alkanes of at least 4 members (excludes halogenated alkanes) is 1. The first-order valence-corrected chi connectivity index (χ1v) is 9.02. The van der Waals surface area contributed by atoms with Crippen molar-refractivity contribution in [1.29, 1.82) is 0 Å². The number of carbonyl (C=O) groups excluding carboxylic acids is 3. The van der Waals surface area contributed by atoms with E-state index in [0.717, 1.165) is 10.8 Å². The molecule has 2 aromatic rings. The lowest BCUT2D eigenvalue weighted by atomic mass is 9.94. The highest BCUT2D eigenvalue weighted by Gasteiger charge is 2.31. The Labute approximate surface area is 156 Å². The minimum absolute atomic E-state index is 0.252. The number of nitrogens with one attached hydrogen (secondary N) is 1. The van der Waals surface area contributed by atoms with Gasteiger partial charge in [-0.1, -0.05) is 24.3 Å². The number of benzene rings is 2. The third-order valence-corrected chi connectivity index (χ3v) is 4.59. The number of ether oxygens (including phenoxy) is 1. The predicted molar refractivity (Wildman–Crippen MR) is 98.5 cm³/mol. The summed E-state index contributed by atoms with van der Waals surface area (Å²) >= 11 is 0. The number of hydroxylamine groups is 1. The summed E-state index contributed by atoms with van der Waals surface area (Å²) in [4.78, 5) is 37.6. The van der Waals surface area contributed by atoms with E-state index in [9.17, 15) is 14.4 Å². The Morgan fingerprint density at radius 2 is 1.59 bits per heavy atom. The summed E-state index contributed by atoms with van der Waals surface area (Å²) in [5.74, 6) is -0.939. The first kappa shape index (κ1) is 19.0. The van der Waals surface area contributed by atoms with Crippen LogP contribution in [-0.4, -0.2) is 47.6 Å². The molecule has 0 fully saturated rings. The first-order valence-electron chi connectivity index (χ1n) is 9.02. The lowest BCUT2D eigenvalue weighted by molar-refractivity contribution is -0.129. The maximum atomic E-state index is 12.7. The standard InChI is InChI=1S/C20H22N2O5/c23-17(21-26)10-1-2-12-27-13-5-11-22-19(24)15-8-3-6-14-7-4-9-16(18(14)15)20(22)25/h3-4,6-9,26H,1-2,5,10-13H2,(H,21,23). The molecule has 2 N–H and O–H groups in total. The molecular formula is C20H22N2O5. The Morgan fingerprint density at radius 1 is 0.963 bits per heavy atom. The zero-order chi connectivity index (χ0) is 19.2. The second-order valence-electron chi connectivity index (χ2n) is 6.43. The lowest BCUT2D eigenvalue weighted by Crippen LogP contribution is -2.41. The molecule has 1 aliphatic rings. The Bertz CT molecular complexity index is 814. The first-order chi connectivity index (χ1) is 13.1. The SMILES string of the molecule is O=C(CCCCOCCCN1C(=O)c2cccc3cccc(c23)C1=O)NO. The van der Waals surface area contributed by atoms with Gasteiger partial charge in [-0.05, 0) is 36.8 Å². The second-order valence-corrected chi connectivity index (χ2v) is 6.43. The van der Waals surface area contributed by atoms with Gasteiger partial charge in [0.2, 0.25) is 5.91 Å². The molecule has 0 radical (unpaired) electrons. The molecule has 1 aliphatic heterocycles. The molecule has 0 atom stereocenters. The number of carbonyl (C=O) groups is 3. The van der Waals surface area contributed by atoms with Gasteiger partial charge in [-0.2, -0.15) is 0 Å². The largest absolute Gasteiger partial charge is 0.381 e. The summed E-state index contributed by atoms with van der Waals surface area (Å²) in [7, 11) is 0. The van der Waals surface area contributed by atoms with Crippen LogP contribution in [0.3, 0.4) is 0 Å². The van der Waals surface area contributed by atoms with Crippen molar-refractivity contribution in [3.63, 3.8) is 0 Å². The molecule has 0 aliphatic carbocycles. The van der Waals surface area contributed by atoms with Crippen molar-refractivity contribution < 1.29 is 24.3 Å². The van der Waals surface area contributed by atoms with Crippen LogP contribution in [0.5, 0.6) is 0 Å². The summed E-state index contributed by atoms with van der Waals surface area (Å²) < 4.78 is 5.49. The van der Waals surface area contributed by atoms with Crippen LogP contribution in [-0.2, 0) is 9.53 Å². The fourth-order valence-electron chi connectivity index (χ4n) is 3.26. The van der Waals surface area contributed by atoms with E-state index in [0.29, 0.717) is 50.1 Å². The highest BCUT2D eigenvalue weighted by molar-refractivity contribution is 6.25. The van der Waals surface area contributed by atoms with Crippen LogP contribution >= 0.6 is 0 Å². The summed E-state index contributed by atoms with van der Waals surface area (Å²) in [6.07, 6.45) is 2.12. The molecule has 0 unspecified atom stereocenters. The van der Waals surface area contributed by atoms with Crippen molar-refractivity contribution in [3.8, 4) is 0 Å². The topological polar surface area (TPSA) is 95.9 Å². The van der Waals surface area contributed by atoms with E-state index in [1.807, 2.05) is 24.3 Å². The highest BCUT2D eigenvalue weighted by Crippen LogP contribution is 2.29. The van der Waals surface area contributed by atoms with Crippen molar-refractivity contribution in [2.45, 2.75) is 25.7 Å². The Morgan fingerprint density at radius 3 is 2.22 bits per heavy atom. The monoisotopic (exact) mass is 370 g/mol. The summed E-state index contributed by atoms with van der Waals surface area (Å²) in [6.45, 7) is 1.22. The van der Waals surface area contributed by atoms with Crippen LogP contribution in [0.2, 0.25) is 0 Å². The lowest BCUT2D eigenvalue weighted by Gasteiger charge is -2.27. The van der Waals surface area contributed by atoms with Gasteiger partial charge in [-0.25, -0.2) is 5.48 Å². The third-order valence-electron chi connectivity index (χ3n) is 4.59. The minimum Gasteiger partial charge on any atom is -0.381 e. The third kappa shape index (κ3) is 4.15. The molecule has 7 nitrogen and oxygen atoms in total. The van der Waals surface area contributed by atoms with Crippen molar-refractivity contribution in [3.05, 3.63) is 47.5 Å². The molecule has 7 heteroatoms. The van der Waals surface area contributed by atoms with Crippen LogP contribution in [0.25, 0.3) is 10.8 Å². The van der Waals surface area contributed by atoms with E-state index in [2.05, 4.69) is 0 Å². The maximum absolute atomic E-state index is 12.7. The number of hydrogen-bond donors (Lipinski definition) is 2. The molecule has 0 aromatic heterocycles. The number of nitrogens with zero attached hydrogens (tertiary/aromatic N) is 1. The van der Waals surface area contributed by atoms with Gasteiger partial charge in [0.25, 0.3) is 11.8 Å². The van der Waals surface area contributed by atoms with Gasteiger partial charge >= 0.3 is 0 Å². The van der Waals surface area contributed by atoms with Crippen molar-refractivity contribution in [2.75, 3.05) is 19.8 Å². The average molecular weight is 370 g/mol. The zero-order valence-electron chi connectivity index (χ0n) is 14.9. The van der Waals surface area contributed by atoms with E-state index in [1.165, 1.54) is 4.90 Å². The Balaban J connectivity index is 1.50. The van der Waals surface area contributed by atoms with Crippen LogP contribution in [0.15, 0.2) is 36.4 Å². The molecule has 0 spiro atoms. The molecular weight excluding hydrogens is 348 g/mol. The number of hydrogen-bond acceptors (Lipinski definition) is 5. The van der Waals surface area contributed by atoms with Gasteiger partial charge in [-0.3, -0.25) is 24.5 Å². The summed E-state index contributed by atoms with van der Waals surface area (Å²) in [6, 6.07) is 11.0. The highest BCUT2D eigenvalue weighted by atomic mass is 16.5. The normalized spacial score (nSPS) is 13.3. The molecule has 0 saturated carbocycles. The molecule has 142 valence electrons. The molecule has 3 rings (SSSR count). The van der Waals surface area contributed by atoms with Gasteiger partial charge in [0.1, 0.15) is 0 Å². The van der Waals surface area contributed by atoms with Gasteiger partial charge in [0.05, 0.1) is 0 Å². The molecule has 27 heavy (non-hydrogen) atoms. The molecule has 3 amide bonds. The van der Waals surface area contributed by atoms with E-state index in [1.54, 1.807) is 17.6 Å². The molecule has 0 bridgehead atoms. The molecule has 2 aromatic carbocycles. The van der Waals surface area contributed by atoms with E-state index >= 15 is 0 Å². The molecule has 0 saturated heterocycles. The summed E-state index contributed by atoms with van der Waals surface area (Å²) in [5, 5.41) is 10.0. The van der Waals surface area contributed by atoms with Gasteiger partial charge in [0.15, 0.2) is 0 Å². The minimum atomic E-state index is -0.410. The maximum Gasteiger partial charge on any atom is 0.261 e. The predicted octanol–water partition coefficient (Wildman–Crippen LogP) is 2.52. The summed E-state index contributed by atoms with van der Waals surface area (Å²) in [5.41, 5.74) is 2.71. The smallest absolute Gasteiger partial charge is 0.261 e. The van der Waals surface area contributed by atoms with Gasteiger partial charge < -0.3 is 4.74 Å². The Kier molecular flexibility index (Phi) is 6.16. The quantitative estimate of drug-likeness (QED) is 0.306. The van der Waals surface area contributed by atoms with E-state index < -0.39 is 5.91 Å². The van der Waals surface area contributed by atoms with Gasteiger partial charge in [-0.15, -0.1) is 0 Å². The number of amides is 3. The zero-order valence-corrected chi connectivity index (χ0v) is 14.9. The number of rotatable bonds is 9. The van der Waals surface area contributed by atoms with Crippen LogP contribution in [0.1, 0.15) is 46.4 Å². The van der Waals surface area contributed by atoms with E-state index in [4.69, 9.17) is 9.94 Å². The molecule has 1 heterocycles. The Hall–Kier alpha value is -2.77. The van der Waals surface area contributed by atoms with Crippen LogP contribution < -0.4 is 5.48 Å². The van der Waals surface area contributed by atoms with E-state index in [-0.39, 0.29) is 18.2 Å². The fraction of sp³-hybridized carbons (Fsp3) is 0.350. The fourth-order valence-corrected chi connectivity index (χ4v) is 3.26. The number of imide groups is 1. The van der Waals surface area contributed by atoms with Crippen molar-refractivity contribution in [1.82, 2.24) is 10.4 Å². The van der Waals surface area contributed by atoms with Crippen molar-refractivity contribution in [2.24, 2.45) is 0 Å². The van der Waals surface area contributed by atoms with Crippen LogP contribution in [0.4, 0.5) is 0 Å².